The lowest BCUT2D eigenvalue weighted by molar-refractivity contribution is 0.0545. The van der Waals surface area contributed by atoms with Crippen LogP contribution in [0.4, 0.5) is 4.79 Å². The van der Waals surface area contributed by atoms with E-state index in [0.29, 0.717) is 19.8 Å². The summed E-state index contributed by atoms with van der Waals surface area (Å²) in [4.78, 5) is 15.3. The van der Waals surface area contributed by atoms with Crippen molar-refractivity contribution < 1.29 is 14.3 Å². The van der Waals surface area contributed by atoms with Crippen molar-refractivity contribution in [3.05, 3.63) is 83.4 Å². The van der Waals surface area contributed by atoms with Crippen molar-refractivity contribution in [3.63, 3.8) is 0 Å². The Morgan fingerprint density at radius 2 is 1.58 bits per heavy atom. The van der Waals surface area contributed by atoms with Crippen LogP contribution < -0.4 is 0 Å². The van der Waals surface area contributed by atoms with Gasteiger partial charge >= 0.3 is 6.09 Å². The van der Waals surface area contributed by atoms with Gasteiger partial charge in [0.15, 0.2) is 0 Å². The first-order valence-electron chi connectivity index (χ1n) is 12.5. The van der Waals surface area contributed by atoms with Crippen LogP contribution in [0, 0.1) is 0 Å². The summed E-state index contributed by atoms with van der Waals surface area (Å²) in [6, 6.07) is 20.5. The van der Waals surface area contributed by atoms with E-state index in [2.05, 4.69) is 32.1 Å². The molecule has 33 heavy (non-hydrogen) atoms. The Balaban J connectivity index is 1.59. The predicted octanol–water partition coefficient (Wildman–Crippen LogP) is 7.29. The smallest absolute Gasteiger partial charge is 0.410 e. The highest BCUT2D eigenvalue weighted by atomic mass is 16.6. The third-order valence-electron chi connectivity index (χ3n) is 6.40. The van der Waals surface area contributed by atoms with E-state index in [0.717, 1.165) is 37.7 Å². The second kappa shape index (κ2) is 13.8. The number of ether oxygens (including phenoxy) is 2. The van der Waals surface area contributed by atoms with Gasteiger partial charge in [0, 0.05) is 12.6 Å². The summed E-state index contributed by atoms with van der Waals surface area (Å²) in [6.45, 7) is 5.99. The molecule has 1 heterocycles. The van der Waals surface area contributed by atoms with Crippen molar-refractivity contribution in [3.8, 4) is 0 Å². The molecule has 0 spiro atoms. The molecular formula is C29H39NO3. The maximum atomic E-state index is 13.3. The lowest BCUT2D eigenvalue weighted by Crippen LogP contribution is -2.50. The standard InChI is InChI=1S/C29H39NO3/c1-3-4-7-17-27-20-19-24(2)28(18-12-21-32-22-25-13-8-5-9-14-25)30(27)29(31)33-23-26-15-10-6-11-16-26/h5-6,8-11,13-16,19,27-28H,3-4,7,12,17-18,20-23H2,1-2H3/t27-,28+/m1/s1. The topological polar surface area (TPSA) is 38.8 Å². The molecule has 0 fully saturated rings. The highest BCUT2D eigenvalue weighted by Gasteiger charge is 2.34. The van der Waals surface area contributed by atoms with Crippen molar-refractivity contribution in [2.75, 3.05) is 6.61 Å². The van der Waals surface area contributed by atoms with Crippen molar-refractivity contribution in [1.29, 1.82) is 0 Å². The Morgan fingerprint density at radius 3 is 2.24 bits per heavy atom. The fourth-order valence-electron chi connectivity index (χ4n) is 4.51. The SMILES string of the molecule is CCCCC[C@@H]1CC=C(C)[C@H](CCCOCc2ccccc2)N1C(=O)OCc1ccccc1. The lowest BCUT2D eigenvalue weighted by atomic mass is 9.90. The van der Waals surface area contributed by atoms with Gasteiger partial charge in [-0.25, -0.2) is 4.79 Å². The fraction of sp³-hybridized carbons (Fsp3) is 0.483. The molecule has 0 aliphatic carbocycles. The first-order valence-corrected chi connectivity index (χ1v) is 12.5. The third kappa shape index (κ3) is 8.04. The zero-order valence-electron chi connectivity index (χ0n) is 20.2. The van der Waals surface area contributed by atoms with E-state index in [9.17, 15) is 4.79 Å². The molecule has 2 aromatic rings. The number of hydrogen-bond acceptors (Lipinski definition) is 3. The summed E-state index contributed by atoms with van der Waals surface area (Å²) in [7, 11) is 0. The molecule has 1 amide bonds. The molecule has 178 valence electrons. The van der Waals surface area contributed by atoms with Crippen LogP contribution in [0.3, 0.4) is 0 Å². The first-order chi connectivity index (χ1) is 16.2. The van der Waals surface area contributed by atoms with E-state index >= 15 is 0 Å². The highest BCUT2D eigenvalue weighted by molar-refractivity contribution is 5.69. The molecule has 4 heteroatoms. The van der Waals surface area contributed by atoms with Gasteiger partial charge in [0.1, 0.15) is 6.61 Å². The largest absolute Gasteiger partial charge is 0.445 e. The number of carbonyl (C=O) groups is 1. The van der Waals surface area contributed by atoms with Gasteiger partial charge in [-0.05, 0) is 43.7 Å². The zero-order valence-corrected chi connectivity index (χ0v) is 20.2. The summed E-state index contributed by atoms with van der Waals surface area (Å²) in [5.74, 6) is 0. The summed E-state index contributed by atoms with van der Waals surface area (Å²) in [5.41, 5.74) is 3.47. The average molecular weight is 450 g/mol. The Labute approximate surface area is 199 Å². The van der Waals surface area contributed by atoms with Crippen molar-refractivity contribution in [1.82, 2.24) is 4.90 Å². The molecule has 4 nitrogen and oxygen atoms in total. The van der Waals surface area contributed by atoms with Gasteiger partial charge in [0.2, 0.25) is 0 Å². The van der Waals surface area contributed by atoms with E-state index in [-0.39, 0.29) is 18.2 Å². The average Bonchev–Trinajstić information content (AvgIpc) is 2.85. The van der Waals surface area contributed by atoms with Crippen LogP contribution in [0.1, 0.15) is 69.9 Å². The quantitative estimate of drug-likeness (QED) is 0.252. The van der Waals surface area contributed by atoms with Gasteiger partial charge in [-0.1, -0.05) is 98.5 Å². The minimum absolute atomic E-state index is 0.0778. The maximum absolute atomic E-state index is 13.3. The molecule has 0 aromatic heterocycles. The molecule has 2 aromatic carbocycles. The van der Waals surface area contributed by atoms with Gasteiger partial charge in [-0.15, -0.1) is 0 Å². The van der Waals surface area contributed by atoms with Crippen LogP contribution >= 0.6 is 0 Å². The van der Waals surface area contributed by atoms with E-state index in [1.54, 1.807) is 0 Å². The molecule has 3 rings (SSSR count). The van der Waals surface area contributed by atoms with Crippen LogP contribution in [0.15, 0.2) is 72.3 Å². The molecule has 1 aliphatic rings. The summed E-state index contributed by atoms with van der Waals surface area (Å²) in [5, 5.41) is 0. The molecule has 0 radical (unpaired) electrons. The Hall–Kier alpha value is -2.59. The predicted molar refractivity (Wildman–Crippen MR) is 134 cm³/mol. The summed E-state index contributed by atoms with van der Waals surface area (Å²) in [6.07, 6.45) is 9.40. The van der Waals surface area contributed by atoms with Gasteiger partial charge in [0.25, 0.3) is 0 Å². The molecule has 0 saturated carbocycles. The lowest BCUT2D eigenvalue weighted by Gasteiger charge is -2.41. The van der Waals surface area contributed by atoms with Crippen LogP contribution in [0.25, 0.3) is 0 Å². The Morgan fingerprint density at radius 1 is 0.909 bits per heavy atom. The fourth-order valence-corrected chi connectivity index (χ4v) is 4.51. The monoisotopic (exact) mass is 449 g/mol. The first kappa shape index (κ1) is 25.0. The number of nitrogens with zero attached hydrogens (tertiary/aromatic N) is 1. The van der Waals surface area contributed by atoms with E-state index < -0.39 is 0 Å². The van der Waals surface area contributed by atoms with E-state index in [1.165, 1.54) is 24.0 Å². The number of benzene rings is 2. The second-order valence-electron chi connectivity index (χ2n) is 8.98. The normalized spacial score (nSPS) is 18.1. The van der Waals surface area contributed by atoms with Crippen molar-refractivity contribution in [2.45, 2.75) is 84.1 Å². The third-order valence-corrected chi connectivity index (χ3v) is 6.40. The molecule has 1 aliphatic heterocycles. The highest BCUT2D eigenvalue weighted by Crippen LogP contribution is 2.30. The van der Waals surface area contributed by atoms with Crippen LogP contribution in [0.2, 0.25) is 0 Å². The summed E-state index contributed by atoms with van der Waals surface area (Å²) >= 11 is 0. The van der Waals surface area contributed by atoms with Crippen LogP contribution in [-0.2, 0) is 22.7 Å². The van der Waals surface area contributed by atoms with E-state index in [4.69, 9.17) is 9.47 Å². The van der Waals surface area contributed by atoms with Crippen molar-refractivity contribution in [2.24, 2.45) is 0 Å². The van der Waals surface area contributed by atoms with Crippen LogP contribution in [0.5, 0.6) is 0 Å². The number of carbonyl (C=O) groups excluding carboxylic acids is 1. The van der Waals surface area contributed by atoms with Crippen LogP contribution in [-0.4, -0.2) is 29.7 Å². The zero-order chi connectivity index (χ0) is 23.3. The minimum Gasteiger partial charge on any atom is -0.445 e. The number of amides is 1. The molecule has 0 saturated heterocycles. The molecule has 0 unspecified atom stereocenters. The maximum Gasteiger partial charge on any atom is 0.410 e. The van der Waals surface area contributed by atoms with Gasteiger partial charge in [-0.3, -0.25) is 4.90 Å². The van der Waals surface area contributed by atoms with Gasteiger partial charge in [0.05, 0.1) is 12.6 Å². The molecule has 2 atom stereocenters. The van der Waals surface area contributed by atoms with Gasteiger partial charge < -0.3 is 9.47 Å². The minimum atomic E-state index is -0.192. The Bertz CT molecular complexity index is 850. The number of unbranched alkanes of at least 4 members (excludes halogenated alkanes) is 2. The molecule has 0 bridgehead atoms. The molecule has 0 N–H and O–H groups in total. The molecular weight excluding hydrogens is 410 g/mol. The van der Waals surface area contributed by atoms with Crippen molar-refractivity contribution >= 4 is 6.09 Å². The Kier molecular flexibility index (Phi) is 10.5. The van der Waals surface area contributed by atoms with E-state index in [1.807, 2.05) is 53.4 Å². The number of rotatable bonds is 12. The summed E-state index contributed by atoms with van der Waals surface area (Å²) < 4.78 is 11.7. The van der Waals surface area contributed by atoms with Gasteiger partial charge in [-0.2, -0.15) is 0 Å². The number of hydrogen-bond donors (Lipinski definition) is 0. The second-order valence-corrected chi connectivity index (χ2v) is 8.98.